The van der Waals surface area contributed by atoms with Gasteiger partial charge in [0.05, 0.1) is 16.7 Å². The smallest absolute Gasteiger partial charge is 0.243 e. The van der Waals surface area contributed by atoms with Crippen LogP contribution in [0.1, 0.15) is 17.3 Å². The molecule has 19 heavy (non-hydrogen) atoms. The van der Waals surface area contributed by atoms with Gasteiger partial charge in [0.15, 0.2) is 15.6 Å². The molecule has 0 saturated heterocycles. The Morgan fingerprint density at radius 3 is 2.74 bits per heavy atom. The number of hydrogen-bond acceptors (Lipinski definition) is 5. The van der Waals surface area contributed by atoms with Gasteiger partial charge in [-0.2, -0.15) is 5.26 Å². The van der Waals surface area contributed by atoms with Crippen LogP contribution in [-0.4, -0.2) is 32.4 Å². The molecule has 98 valence electrons. The van der Waals surface area contributed by atoms with E-state index < -0.39 is 21.5 Å². The summed E-state index contributed by atoms with van der Waals surface area (Å²) in [5.41, 5.74) is 0.413. The van der Waals surface area contributed by atoms with E-state index in [0.717, 1.165) is 4.90 Å². The molecule has 1 amide bonds. The number of rotatable bonds is 2. The Labute approximate surface area is 110 Å². The highest BCUT2D eigenvalue weighted by atomic mass is 32.2. The van der Waals surface area contributed by atoms with Gasteiger partial charge < -0.3 is 0 Å². The fraction of sp³-hybridized carbons (Fsp3) is 0.250. The minimum Gasteiger partial charge on any atom is -0.296 e. The SMILES string of the molecule is CC(=O)c1ccc2c(c1)S(=O)(=O)CC(=O)N2CC#N. The Morgan fingerprint density at radius 2 is 2.16 bits per heavy atom. The molecule has 0 unspecified atom stereocenters. The van der Waals surface area contributed by atoms with Crippen LogP contribution in [0.4, 0.5) is 5.69 Å². The van der Waals surface area contributed by atoms with Gasteiger partial charge in [-0.25, -0.2) is 8.42 Å². The van der Waals surface area contributed by atoms with E-state index >= 15 is 0 Å². The van der Waals surface area contributed by atoms with Crippen molar-refractivity contribution in [1.82, 2.24) is 0 Å². The lowest BCUT2D eigenvalue weighted by atomic mass is 10.1. The lowest BCUT2D eigenvalue weighted by Crippen LogP contribution is -2.41. The molecule has 1 aliphatic heterocycles. The minimum atomic E-state index is -3.75. The summed E-state index contributed by atoms with van der Waals surface area (Å²) in [6, 6.07) is 5.90. The van der Waals surface area contributed by atoms with E-state index in [0.29, 0.717) is 0 Å². The van der Waals surface area contributed by atoms with E-state index in [-0.39, 0.29) is 28.5 Å². The van der Waals surface area contributed by atoms with Crippen molar-refractivity contribution in [2.75, 3.05) is 17.2 Å². The van der Waals surface area contributed by atoms with Gasteiger partial charge in [0.25, 0.3) is 0 Å². The quantitative estimate of drug-likeness (QED) is 0.581. The number of nitrogens with zero attached hydrogens (tertiary/aromatic N) is 2. The highest BCUT2D eigenvalue weighted by Gasteiger charge is 2.34. The van der Waals surface area contributed by atoms with Crippen LogP contribution < -0.4 is 4.90 Å². The largest absolute Gasteiger partial charge is 0.296 e. The zero-order valence-corrected chi connectivity index (χ0v) is 10.9. The van der Waals surface area contributed by atoms with Crippen LogP contribution in [0.2, 0.25) is 0 Å². The van der Waals surface area contributed by atoms with Crippen molar-refractivity contribution in [2.45, 2.75) is 11.8 Å². The number of benzene rings is 1. The van der Waals surface area contributed by atoms with E-state index in [4.69, 9.17) is 5.26 Å². The molecule has 1 aliphatic rings. The number of ketones is 1. The molecule has 0 radical (unpaired) electrons. The standard InChI is InChI=1S/C12H10N2O4S/c1-8(15)9-2-3-10-11(6-9)19(17,18)7-12(16)14(10)5-4-13/h2-3,6H,5,7H2,1H3. The Hall–Kier alpha value is -2.20. The molecule has 0 atom stereocenters. The number of anilines is 1. The summed E-state index contributed by atoms with van der Waals surface area (Å²) in [5, 5.41) is 8.69. The zero-order valence-electron chi connectivity index (χ0n) is 10.1. The van der Waals surface area contributed by atoms with E-state index in [2.05, 4.69) is 0 Å². The lowest BCUT2D eigenvalue weighted by molar-refractivity contribution is -0.116. The first-order chi connectivity index (χ1) is 8.86. The van der Waals surface area contributed by atoms with Crippen LogP contribution in [0.3, 0.4) is 0 Å². The molecule has 0 N–H and O–H groups in total. The normalized spacial score (nSPS) is 16.6. The number of amides is 1. The van der Waals surface area contributed by atoms with Crippen molar-refractivity contribution in [1.29, 1.82) is 5.26 Å². The molecule has 1 aromatic rings. The average molecular weight is 278 g/mol. The number of Topliss-reactive ketones (excluding diaryl/α,β-unsaturated/α-hetero) is 1. The van der Waals surface area contributed by atoms with Gasteiger partial charge in [0.1, 0.15) is 12.3 Å². The molecular weight excluding hydrogens is 268 g/mol. The van der Waals surface area contributed by atoms with Crippen LogP contribution in [0, 0.1) is 11.3 Å². The van der Waals surface area contributed by atoms with Gasteiger partial charge in [-0.1, -0.05) is 0 Å². The second kappa shape index (κ2) is 4.48. The second-order valence-electron chi connectivity index (χ2n) is 4.14. The first-order valence-corrected chi connectivity index (χ1v) is 7.07. The van der Waals surface area contributed by atoms with Gasteiger partial charge in [0.2, 0.25) is 5.91 Å². The van der Waals surface area contributed by atoms with Crippen LogP contribution in [0.25, 0.3) is 0 Å². The van der Waals surface area contributed by atoms with Crippen LogP contribution in [0.5, 0.6) is 0 Å². The van der Waals surface area contributed by atoms with Crippen molar-refractivity contribution in [3.63, 3.8) is 0 Å². The first-order valence-electron chi connectivity index (χ1n) is 5.42. The third kappa shape index (κ3) is 2.22. The molecule has 2 rings (SSSR count). The third-order valence-corrected chi connectivity index (χ3v) is 4.46. The zero-order chi connectivity index (χ0) is 14.2. The summed E-state index contributed by atoms with van der Waals surface area (Å²) in [6.07, 6.45) is 0. The highest BCUT2D eigenvalue weighted by Crippen LogP contribution is 2.31. The molecule has 1 heterocycles. The fourth-order valence-electron chi connectivity index (χ4n) is 1.90. The lowest BCUT2D eigenvalue weighted by Gasteiger charge is -2.27. The molecule has 6 nitrogen and oxygen atoms in total. The maximum Gasteiger partial charge on any atom is 0.243 e. The molecule has 0 aliphatic carbocycles. The van der Waals surface area contributed by atoms with E-state index in [1.54, 1.807) is 0 Å². The number of carbonyl (C=O) groups excluding carboxylic acids is 2. The molecule has 0 saturated carbocycles. The van der Waals surface area contributed by atoms with Gasteiger partial charge >= 0.3 is 0 Å². The van der Waals surface area contributed by atoms with Crippen molar-refractivity contribution in [3.05, 3.63) is 23.8 Å². The molecule has 7 heteroatoms. The Bertz CT molecular complexity index is 716. The average Bonchev–Trinajstić information content (AvgIpc) is 2.33. The summed E-state index contributed by atoms with van der Waals surface area (Å²) < 4.78 is 23.9. The predicted octanol–water partition coefficient (Wildman–Crippen LogP) is 0.533. The molecule has 0 fully saturated rings. The van der Waals surface area contributed by atoms with Crippen LogP contribution in [-0.2, 0) is 14.6 Å². The van der Waals surface area contributed by atoms with E-state index in [9.17, 15) is 18.0 Å². The Morgan fingerprint density at radius 1 is 1.47 bits per heavy atom. The summed E-state index contributed by atoms with van der Waals surface area (Å²) >= 11 is 0. The van der Waals surface area contributed by atoms with Crippen molar-refractivity contribution < 1.29 is 18.0 Å². The molecule has 0 bridgehead atoms. The molecule has 0 spiro atoms. The summed E-state index contributed by atoms with van der Waals surface area (Å²) in [5.74, 6) is -1.57. The van der Waals surface area contributed by atoms with Gasteiger partial charge in [-0.15, -0.1) is 0 Å². The second-order valence-corrected chi connectivity index (χ2v) is 6.09. The number of nitriles is 1. The summed E-state index contributed by atoms with van der Waals surface area (Å²) in [4.78, 5) is 24.0. The van der Waals surface area contributed by atoms with E-state index in [1.807, 2.05) is 6.07 Å². The number of sulfone groups is 1. The van der Waals surface area contributed by atoms with Gasteiger partial charge in [0, 0.05) is 5.56 Å². The van der Waals surface area contributed by atoms with Crippen LogP contribution in [0.15, 0.2) is 23.1 Å². The highest BCUT2D eigenvalue weighted by molar-refractivity contribution is 7.92. The fourth-order valence-corrected chi connectivity index (χ4v) is 3.34. The minimum absolute atomic E-state index is 0.0740. The summed E-state index contributed by atoms with van der Waals surface area (Å²) in [6.45, 7) is 1.11. The number of fused-ring (bicyclic) bond motifs is 1. The Kier molecular flexibility index (Phi) is 3.12. The molecule has 0 aromatic heterocycles. The predicted molar refractivity (Wildman–Crippen MR) is 66.5 cm³/mol. The third-order valence-electron chi connectivity index (χ3n) is 2.84. The molecule has 1 aromatic carbocycles. The summed E-state index contributed by atoms with van der Waals surface area (Å²) in [7, 11) is -3.75. The maximum absolute atomic E-state index is 12.0. The van der Waals surface area contributed by atoms with Gasteiger partial charge in [-0.05, 0) is 25.1 Å². The van der Waals surface area contributed by atoms with Gasteiger partial charge in [-0.3, -0.25) is 14.5 Å². The molecular formula is C12H10N2O4S. The van der Waals surface area contributed by atoms with Crippen molar-refractivity contribution in [2.24, 2.45) is 0 Å². The number of carbonyl (C=O) groups is 2. The Balaban J connectivity index is 2.68. The monoisotopic (exact) mass is 278 g/mol. The number of hydrogen-bond donors (Lipinski definition) is 0. The first kappa shape index (κ1) is 13.2. The van der Waals surface area contributed by atoms with E-state index in [1.165, 1.54) is 25.1 Å². The van der Waals surface area contributed by atoms with Crippen molar-refractivity contribution in [3.8, 4) is 6.07 Å². The van der Waals surface area contributed by atoms with Crippen molar-refractivity contribution >= 4 is 27.2 Å². The topological polar surface area (TPSA) is 95.3 Å². The van der Waals surface area contributed by atoms with Crippen LogP contribution >= 0.6 is 0 Å². The maximum atomic E-state index is 12.0.